The van der Waals surface area contributed by atoms with E-state index in [9.17, 15) is 14.7 Å². The Kier molecular flexibility index (Phi) is 3.15. The van der Waals surface area contributed by atoms with E-state index >= 15 is 0 Å². The van der Waals surface area contributed by atoms with E-state index in [1.54, 1.807) is 0 Å². The van der Waals surface area contributed by atoms with Crippen molar-refractivity contribution in [2.75, 3.05) is 7.05 Å². The predicted octanol–water partition coefficient (Wildman–Crippen LogP) is 1.92. The van der Waals surface area contributed by atoms with Crippen LogP contribution in [0.15, 0.2) is 0 Å². The molecule has 5 heteroatoms. The number of amides is 2. The van der Waals surface area contributed by atoms with E-state index in [1.807, 2.05) is 16.8 Å². The monoisotopic (exact) mass is 266 g/mol. The van der Waals surface area contributed by atoms with E-state index < -0.39 is 5.97 Å². The Balaban J connectivity index is 1.72. The predicted molar refractivity (Wildman–Crippen MR) is 69.8 cm³/mol. The largest absolute Gasteiger partial charge is 0.481 e. The van der Waals surface area contributed by atoms with Crippen LogP contribution >= 0.6 is 0 Å². The van der Waals surface area contributed by atoms with Gasteiger partial charge in [-0.25, -0.2) is 4.79 Å². The van der Waals surface area contributed by atoms with Gasteiger partial charge in [0, 0.05) is 25.2 Å². The van der Waals surface area contributed by atoms with Crippen LogP contribution in [-0.4, -0.2) is 52.1 Å². The van der Waals surface area contributed by atoms with Gasteiger partial charge in [0.05, 0.1) is 5.92 Å². The van der Waals surface area contributed by atoms with Crippen molar-refractivity contribution in [1.29, 1.82) is 0 Å². The molecule has 0 aromatic rings. The van der Waals surface area contributed by atoms with E-state index in [1.165, 1.54) is 12.8 Å². The molecule has 0 aromatic heterocycles. The molecule has 2 amide bonds. The molecule has 5 nitrogen and oxygen atoms in total. The molecular formula is C14H22N2O3. The van der Waals surface area contributed by atoms with Crippen LogP contribution in [0.1, 0.15) is 44.9 Å². The zero-order valence-electron chi connectivity index (χ0n) is 11.4. The summed E-state index contributed by atoms with van der Waals surface area (Å²) in [4.78, 5) is 27.6. The zero-order chi connectivity index (χ0) is 13.6. The number of urea groups is 1. The second-order valence-corrected chi connectivity index (χ2v) is 6.22. The van der Waals surface area contributed by atoms with E-state index in [4.69, 9.17) is 0 Å². The van der Waals surface area contributed by atoms with Crippen LogP contribution in [0, 0.1) is 5.92 Å². The van der Waals surface area contributed by atoms with Gasteiger partial charge in [-0.1, -0.05) is 12.8 Å². The fraction of sp³-hybridized carbons (Fsp3) is 0.857. The number of carbonyl (C=O) groups excluding carboxylic acids is 1. The minimum absolute atomic E-state index is 0.0585. The Morgan fingerprint density at radius 1 is 1.16 bits per heavy atom. The average Bonchev–Trinajstić information content (AvgIpc) is 3.11. The van der Waals surface area contributed by atoms with Crippen molar-refractivity contribution < 1.29 is 14.7 Å². The highest BCUT2D eigenvalue weighted by Crippen LogP contribution is 2.42. The molecule has 0 spiro atoms. The topological polar surface area (TPSA) is 60.9 Å². The molecule has 3 rings (SSSR count). The van der Waals surface area contributed by atoms with Gasteiger partial charge in [0.2, 0.25) is 0 Å². The first-order chi connectivity index (χ1) is 9.09. The van der Waals surface area contributed by atoms with Gasteiger partial charge in [-0.3, -0.25) is 4.79 Å². The maximum absolute atomic E-state index is 12.6. The Labute approximate surface area is 113 Å². The van der Waals surface area contributed by atoms with Crippen molar-refractivity contribution in [3.8, 4) is 0 Å². The third kappa shape index (κ3) is 1.99. The van der Waals surface area contributed by atoms with Crippen molar-refractivity contribution in [3.05, 3.63) is 0 Å². The summed E-state index contributed by atoms with van der Waals surface area (Å²) in [5.74, 6) is -1.09. The standard InChI is InChI=1S/C14H22N2O3/c1-15(9-4-2-3-5-9)14(19)16-10-6-7-12(16)11(8-10)13(17)18/h9-12H,2-8H2,1H3,(H,17,18)/t10-,11-,12-/m0/s1. The van der Waals surface area contributed by atoms with Crippen molar-refractivity contribution in [2.24, 2.45) is 5.92 Å². The van der Waals surface area contributed by atoms with Crippen LogP contribution in [0.5, 0.6) is 0 Å². The van der Waals surface area contributed by atoms with Crippen molar-refractivity contribution in [1.82, 2.24) is 9.80 Å². The minimum atomic E-state index is -0.742. The third-order valence-electron chi connectivity index (χ3n) is 5.25. The lowest BCUT2D eigenvalue weighted by Crippen LogP contribution is -2.48. The molecule has 1 aliphatic carbocycles. The summed E-state index contributed by atoms with van der Waals surface area (Å²) in [6.45, 7) is 0. The number of carboxylic acids is 1. The van der Waals surface area contributed by atoms with Gasteiger partial charge in [0.15, 0.2) is 0 Å². The Bertz CT molecular complexity index is 392. The van der Waals surface area contributed by atoms with Gasteiger partial charge in [0.25, 0.3) is 0 Å². The van der Waals surface area contributed by atoms with Crippen LogP contribution in [0.3, 0.4) is 0 Å². The van der Waals surface area contributed by atoms with Crippen LogP contribution < -0.4 is 0 Å². The van der Waals surface area contributed by atoms with Gasteiger partial charge >= 0.3 is 12.0 Å². The average molecular weight is 266 g/mol. The maximum Gasteiger partial charge on any atom is 0.320 e. The lowest BCUT2D eigenvalue weighted by Gasteiger charge is -2.32. The Morgan fingerprint density at radius 3 is 2.42 bits per heavy atom. The molecule has 1 saturated carbocycles. The third-order valence-corrected chi connectivity index (χ3v) is 5.25. The highest BCUT2D eigenvalue weighted by molar-refractivity contribution is 5.79. The summed E-state index contributed by atoms with van der Waals surface area (Å²) in [6, 6.07) is 0.500. The molecule has 0 aromatic carbocycles. The Morgan fingerprint density at radius 2 is 1.84 bits per heavy atom. The first-order valence-corrected chi connectivity index (χ1v) is 7.37. The minimum Gasteiger partial charge on any atom is -0.481 e. The first-order valence-electron chi connectivity index (χ1n) is 7.37. The molecule has 2 aliphatic heterocycles. The highest BCUT2D eigenvalue weighted by atomic mass is 16.4. The van der Waals surface area contributed by atoms with E-state index in [2.05, 4.69) is 0 Å². The van der Waals surface area contributed by atoms with Gasteiger partial charge < -0.3 is 14.9 Å². The quantitative estimate of drug-likeness (QED) is 0.830. The van der Waals surface area contributed by atoms with Crippen molar-refractivity contribution in [2.45, 2.75) is 63.1 Å². The summed E-state index contributed by atoms with van der Waals surface area (Å²) in [7, 11) is 1.88. The summed E-state index contributed by atoms with van der Waals surface area (Å²) >= 11 is 0. The van der Waals surface area contributed by atoms with Gasteiger partial charge in [-0.05, 0) is 32.1 Å². The van der Waals surface area contributed by atoms with E-state index in [0.717, 1.165) is 25.7 Å². The summed E-state index contributed by atoms with van der Waals surface area (Å²) in [5.41, 5.74) is 0. The van der Waals surface area contributed by atoms with Crippen LogP contribution in [-0.2, 0) is 4.79 Å². The van der Waals surface area contributed by atoms with E-state index in [0.29, 0.717) is 12.5 Å². The molecule has 106 valence electrons. The SMILES string of the molecule is CN(C(=O)N1[C@H]2CC[C@H]1[C@@H](C(=O)O)C2)C1CCCC1. The van der Waals surface area contributed by atoms with Crippen molar-refractivity contribution >= 4 is 12.0 Å². The number of hydrogen-bond donors (Lipinski definition) is 1. The number of fused-ring (bicyclic) bond motifs is 2. The van der Waals surface area contributed by atoms with Gasteiger partial charge in [-0.15, -0.1) is 0 Å². The number of hydrogen-bond acceptors (Lipinski definition) is 2. The Hall–Kier alpha value is -1.26. The molecule has 3 atom stereocenters. The number of rotatable bonds is 2. The number of carbonyl (C=O) groups is 2. The normalized spacial score (nSPS) is 33.9. The molecule has 1 N–H and O–H groups in total. The summed E-state index contributed by atoms with van der Waals surface area (Å²) < 4.78 is 0. The summed E-state index contributed by atoms with van der Waals surface area (Å²) in [5, 5.41) is 9.23. The zero-order valence-corrected chi connectivity index (χ0v) is 11.4. The lowest BCUT2D eigenvalue weighted by atomic mass is 9.89. The lowest BCUT2D eigenvalue weighted by molar-refractivity contribution is -0.142. The molecule has 0 unspecified atom stereocenters. The fourth-order valence-electron chi connectivity index (χ4n) is 4.18. The molecule has 19 heavy (non-hydrogen) atoms. The van der Waals surface area contributed by atoms with Gasteiger partial charge in [-0.2, -0.15) is 0 Å². The number of aliphatic carboxylic acids is 1. The smallest absolute Gasteiger partial charge is 0.320 e. The second-order valence-electron chi connectivity index (χ2n) is 6.22. The molecular weight excluding hydrogens is 244 g/mol. The fourth-order valence-corrected chi connectivity index (χ4v) is 4.18. The molecule has 2 bridgehead atoms. The second kappa shape index (κ2) is 4.69. The molecule has 3 fully saturated rings. The van der Waals surface area contributed by atoms with Crippen molar-refractivity contribution in [3.63, 3.8) is 0 Å². The first kappa shape index (κ1) is 12.8. The van der Waals surface area contributed by atoms with Crippen LogP contribution in [0.2, 0.25) is 0 Å². The van der Waals surface area contributed by atoms with Crippen LogP contribution in [0.25, 0.3) is 0 Å². The highest BCUT2D eigenvalue weighted by Gasteiger charge is 2.52. The number of carboxylic acid groups (broad SMARTS) is 1. The van der Waals surface area contributed by atoms with Crippen LogP contribution in [0.4, 0.5) is 4.79 Å². The molecule has 0 radical (unpaired) electrons. The number of nitrogens with zero attached hydrogens (tertiary/aromatic N) is 2. The maximum atomic E-state index is 12.6. The molecule has 2 saturated heterocycles. The molecule has 3 aliphatic rings. The van der Waals surface area contributed by atoms with Gasteiger partial charge in [0.1, 0.15) is 0 Å². The summed E-state index contributed by atoms with van der Waals surface area (Å²) in [6.07, 6.45) is 7.05. The molecule has 2 heterocycles. The van der Waals surface area contributed by atoms with E-state index in [-0.39, 0.29) is 24.0 Å².